The first kappa shape index (κ1) is 9.27. The van der Waals surface area contributed by atoms with Crippen LogP contribution in [0.2, 0.25) is 0 Å². The van der Waals surface area contributed by atoms with Crippen LogP contribution in [0.1, 0.15) is 0 Å². The van der Waals surface area contributed by atoms with Crippen molar-refractivity contribution < 1.29 is 10.0 Å². The predicted octanol–water partition coefficient (Wildman–Crippen LogP) is 0.468. The van der Waals surface area contributed by atoms with E-state index in [0.29, 0.717) is 0 Å². The Morgan fingerprint density at radius 2 is 1.46 bits per heavy atom. The molecule has 0 saturated carbocycles. The van der Waals surface area contributed by atoms with Crippen LogP contribution in [0.15, 0.2) is 18.2 Å². The molecule has 1 aromatic rings. The van der Waals surface area contributed by atoms with E-state index in [1.165, 1.54) is 18.2 Å². The van der Waals surface area contributed by atoms with Gasteiger partial charge in [-0.15, -0.1) is 0 Å². The van der Waals surface area contributed by atoms with Crippen LogP contribution in [0.3, 0.4) is 0 Å². The smallest absolute Gasteiger partial charge is 0.423 e. The molecule has 0 saturated heterocycles. The maximum absolute atomic E-state index is 8.81. The van der Waals surface area contributed by atoms with Crippen LogP contribution in [0.25, 0.3) is 9.69 Å². The quantitative estimate of drug-likeness (QED) is 0.477. The Balaban J connectivity index is 3.27. The fourth-order valence-corrected chi connectivity index (χ4v) is 0.896. The molecule has 13 heavy (non-hydrogen) atoms. The molecule has 62 valence electrons. The van der Waals surface area contributed by atoms with Crippen LogP contribution in [-0.4, -0.2) is 17.2 Å². The molecule has 0 aliphatic carbocycles. The average molecular weight is 172 g/mol. The summed E-state index contributed by atoms with van der Waals surface area (Å²) in [6, 6.07) is 4.07. The minimum atomic E-state index is -1.64. The fraction of sp³-hybridized carbons (Fsp3) is 0. The monoisotopic (exact) mass is 172 g/mol. The van der Waals surface area contributed by atoms with E-state index in [9.17, 15) is 0 Å². The molecular formula is C8H5BN2O2. The molecule has 1 rings (SSSR count). The van der Waals surface area contributed by atoms with Gasteiger partial charge in [0, 0.05) is 0 Å². The maximum atomic E-state index is 8.81. The van der Waals surface area contributed by atoms with Gasteiger partial charge in [-0.05, 0) is 5.46 Å². The van der Waals surface area contributed by atoms with E-state index in [4.69, 9.17) is 23.2 Å². The molecule has 2 N–H and O–H groups in total. The van der Waals surface area contributed by atoms with Crippen LogP contribution < -0.4 is 5.46 Å². The van der Waals surface area contributed by atoms with Crippen molar-refractivity contribution >= 4 is 24.0 Å². The van der Waals surface area contributed by atoms with Gasteiger partial charge in [-0.2, -0.15) is 0 Å². The highest BCUT2D eigenvalue weighted by Crippen LogP contribution is 2.18. The lowest BCUT2D eigenvalue weighted by Gasteiger charge is -2.00. The Hall–Kier alpha value is -1.82. The first-order valence-corrected chi connectivity index (χ1v) is 3.43. The number of hydrogen-bond acceptors (Lipinski definition) is 2. The van der Waals surface area contributed by atoms with Crippen molar-refractivity contribution in [1.82, 2.24) is 0 Å². The first-order chi connectivity index (χ1) is 6.17. The Morgan fingerprint density at radius 3 is 1.77 bits per heavy atom. The Kier molecular flexibility index (Phi) is 2.66. The molecule has 0 aliphatic rings. The molecule has 0 unspecified atom stereocenters. The summed E-state index contributed by atoms with van der Waals surface area (Å²) in [7, 11) is -1.64. The van der Waals surface area contributed by atoms with Gasteiger partial charge in [0.25, 0.3) is 0 Å². The van der Waals surface area contributed by atoms with Gasteiger partial charge in [0.15, 0.2) is 11.4 Å². The molecule has 0 aromatic heterocycles. The van der Waals surface area contributed by atoms with E-state index in [1.807, 2.05) is 0 Å². The third-order valence-corrected chi connectivity index (χ3v) is 1.48. The highest BCUT2D eigenvalue weighted by molar-refractivity contribution is 6.58. The summed E-state index contributed by atoms with van der Waals surface area (Å²) < 4.78 is 0. The topological polar surface area (TPSA) is 49.2 Å². The van der Waals surface area contributed by atoms with Crippen molar-refractivity contribution in [3.8, 4) is 0 Å². The Bertz CT molecular complexity index is 371. The molecule has 0 aliphatic heterocycles. The van der Waals surface area contributed by atoms with Crippen LogP contribution in [0.4, 0.5) is 11.4 Å². The second kappa shape index (κ2) is 3.73. The Labute approximate surface area is 75.8 Å². The predicted molar refractivity (Wildman–Crippen MR) is 48.8 cm³/mol. The van der Waals surface area contributed by atoms with Crippen LogP contribution in [0.5, 0.6) is 0 Å². The summed E-state index contributed by atoms with van der Waals surface area (Å²) in [5.74, 6) is 0. The minimum Gasteiger partial charge on any atom is -0.423 e. The molecule has 0 radical (unpaired) electrons. The molecule has 0 spiro atoms. The third kappa shape index (κ3) is 2.06. The van der Waals surface area contributed by atoms with Crippen LogP contribution >= 0.6 is 0 Å². The van der Waals surface area contributed by atoms with Gasteiger partial charge in [0.05, 0.1) is 13.1 Å². The van der Waals surface area contributed by atoms with Crippen LogP contribution in [-0.2, 0) is 0 Å². The molecule has 0 fully saturated rings. The van der Waals surface area contributed by atoms with E-state index in [0.717, 1.165) is 0 Å². The molecule has 4 nitrogen and oxygen atoms in total. The van der Waals surface area contributed by atoms with Gasteiger partial charge in [0.1, 0.15) is 0 Å². The van der Waals surface area contributed by atoms with Crippen molar-refractivity contribution in [3.05, 3.63) is 41.0 Å². The second-order valence-corrected chi connectivity index (χ2v) is 2.38. The molecule has 1 aromatic carbocycles. The number of benzene rings is 1. The zero-order chi connectivity index (χ0) is 9.84. The highest BCUT2D eigenvalue weighted by Gasteiger charge is 2.12. The van der Waals surface area contributed by atoms with Gasteiger partial charge < -0.3 is 10.0 Å². The summed E-state index contributed by atoms with van der Waals surface area (Å²) in [4.78, 5) is 6.21. The van der Waals surface area contributed by atoms with Gasteiger partial charge >= 0.3 is 7.12 Å². The third-order valence-electron chi connectivity index (χ3n) is 1.48. The minimum absolute atomic E-state index is 0.166. The Morgan fingerprint density at radius 1 is 1.00 bits per heavy atom. The lowest BCUT2D eigenvalue weighted by molar-refractivity contribution is 0.426. The van der Waals surface area contributed by atoms with E-state index in [1.54, 1.807) is 0 Å². The largest absolute Gasteiger partial charge is 0.485 e. The molecule has 0 heterocycles. The van der Waals surface area contributed by atoms with E-state index in [-0.39, 0.29) is 16.8 Å². The van der Waals surface area contributed by atoms with Gasteiger partial charge in [-0.25, -0.2) is 9.69 Å². The van der Waals surface area contributed by atoms with Crippen molar-refractivity contribution in [1.29, 1.82) is 0 Å². The highest BCUT2D eigenvalue weighted by atomic mass is 16.4. The average Bonchev–Trinajstić information content (AvgIpc) is 2.16. The second-order valence-electron chi connectivity index (χ2n) is 2.38. The molecule has 0 atom stereocenters. The number of nitrogens with zero attached hydrogens (tertiary/aromatic N) is 2. The van der Waals surface area contributed by atoms with Crippen molar-refractivity contribution in [2.45, 2.75) is 0 Å². The van der Waals surface area contributed by atoms with Crippen LogP contribution in [0, 0.1) is 13.1 Å². The van der Waals surface area contributed by atoms with E-state index < -0.39 is 7.12 Å². The molecular weight excluding hydrogens is 167 g/mol. The van der Waals surface area contributed by atoms with Crippen molar-refractivity contribution in [2.75, 3.05) is 0 Å². The SMILES string of the molecule is [C-]#[N+]c1cc([N+]#[C-])cc(B(O)O)c1. The fourth-order valence-electron chi connectivity index (χ4n) is 0.896. The summed E-state index contributed by atoms with van der Waals surface area (Å²) >= 11 is 0. The molecule has 0 bridgehead atoms. The van der Waals surface area contributed by atoms with Crippen molar-refractivity contribution in [3.63, 3.8) is 0 Å². The van der Waals surface area contributed by atoms with Gasteiger partial charge in [-0.3, -0.25) is 0 Å². The lowest BCUT2D eigenvalue weighted by Crippen LogP contribution is -2.29. The number of hydrogen-bond donors (Lipinski definition) is 2. The van der Waals surface area contributed by atoms with E-state index >= 15 is 0 Å². The summed E-state index contributed by atoms with van der Waals surface area (Å²) in [5.41, 5.74) is 0.632. The molecule has 0 amide bonds. The summed E-state index contributed by atoms with van der Waals surface area (Å²) in [6.07, 6.45) is 0. The zero-order valence-corrected chi connectivity index (χ0v) is 6.60. The zero-order valence-electron chi connectivity index (χ0n) is 6.60. The van der Waals surface area contributed by atoms with E-state index in [2.05, 4.69) is 9.69 Å². The van der Waals surface area contributed by atoms with Gasteiger partial charge in [-0.1, -0.05) is 18.2 Å². The van der Waals surface area contributed by atoms with Crippen molar-refractivity contribution in [2.24, 2.45) is 0 Å². The normalized spacial score (nSPS) is 8.62. The summed E-state index contributed by atoms with van der Waals surface area (Å²) in [6.45, 7) is 13.4. The van der Waals surface area contributed by atoms with Gasteiger partial charge in [0.2, 0.25) is 0 Å². The number of rotatable bonds is 1. The first-order valence-electron chi connectivity index (χ1n) is 3.43. The maximum Gasteiger partial charge on any atom is 0.485 e. The standard InChI is InChI=1S/C8H5BN2O2/c1-10-7-3-6(9(12)13)4-8(5-7)11-2/h3-5,12-13H. The summed E-state index contributed by atoms with van der Waals surface area (Å²) in [5, 5.41) is 17.6. The lowest BCUT2D eigenvalue weighted by atomic mass is 9.80. The molecule has 5 heteroatoms.